The monoisotopic (exact) mass is 328 g/mol. The highest BCUT2D eigenvalue weighted by Gasteiger charge is 2.39. The van der Waals surface area contributed by atoms with Gasteiger partial charge in [-0.1, -0.05) is 0 Å². The first kappa shape index (κ1) is 15.7. The molecule has 0 amide bonds. The first-order valence-corrected chi connectivity index (χ1v) is 9.16. The summed E-state index contributed by atoms with van der Waals surface area (Å²) in [6.45, 7) is 6.02. The minimum absolute atomic E-state index is 0.0821. The molecule has 1 unspecified atom stereocenters. The lowest BCUT2D eigenvalue weighted by atomic mass is 10.2. The van der Waals surface area contributed by atoms with Crippen LogP contribution in [0.25, 0.3) is 0 Å². The summed E-state index contributed by atoms with van der Waals surface area (Å²) in [4.78, 5) is 6.31. The van der Waals surface area contributed by atoms with Gasteiger partial charge in [-0.25, -0.2) is 0 Å². The van der Waals surface area contributed by atoms with Gasteiger partial charge in [0.2, 0.25) is 5.95 Å². The number of aromatic nitrogens is 3. The Morgan fingerprint density at radius 3 is 2.41 bits per heavy atom. The van der Waals surface area contributed by atoms with Gasteiger partial charge in [-0.3, -0.25) is 5.10 Å². The molecule has 124 valence electrons. The van der Waals surface area contributed by atoms with Crippen LogP contribution in [0.15, 0.2) is 0 Å². The van der Waals surface area contributed by atoms with Crippen LogP contribution in [0, 0.1) is 12.8 Å². The average molecular weight is 328 g/mol. The summed E-state index contributed by atoms with van der Waals surface area (Å²) in [6, 6.07) is 0.0821. The first-order valence-electron chi connectivity index (χ1n) is 7.76. The van der Waals surface area contributed by atoms with Crippen molar-refractivity contribution in [3.8, 4) is 0 Å². The number of nitrogens with zero attached hydrogens (tertiary/aromatic N) is 5. The molecule has 1 aliphatic carbocycles. The highest BCUT2D eigenvalue weighted by molar-refractivity contribution is 7.86. The molecule has 0 bridgehead atoms. The molecule has 9 heteroatoms. The van der Waals surface area contributed by atoms with Crippen LogP contribution >= 0.6 is 0 Å². The smallest absolute Gasteiger partial charge is 0.282 e. The van der Waals surface area contributed by atoms with E-state index in [0.717, 1.165) is 18.7 Å². The fourth-order valence-electron chi connectivity index (χ4n) is 2.86. The molecule has 0 aromatic carbocycles. The van der Waals surface area contributed by atoms with E-state index in [4.69, 9.17) is 0 Å². The van der Waals surface area contributed by atoms with Crippen molar-refractivity contribution >= 4 is 16.2 Å². The molecule has 1 N–H and O–H groups in total. The number of hydrogen-bond acceptors (Lipinski definition) is 5. The molecule has 2 fully saturated rings. The third kappa shape index (κ3) is 2.97. The van der Waals surface area contributed by atoms with Crippen LogP contribution in [-0.2, 0) is 10.2 Å². The largest absolute Gasteiger partial charge is 0.337 e. The molecule has 1 aromatic heterocycles. The molecule has 0 spiro atoms. The third-order valence-electron chi connectivity index (χ3n) is 4.67. The number of aryl methyl sites for hydroxylation is 1. The summed E-state index contributed by atoms with van der Waals surface area (Å²) in [5, 5.41) is 6.95. The van der Waals surface area contributed by atoms with E-state index in [1.54, 1.807) is 11.4 Å². The van der Waals surface area contributed by atoms with Crippen LogP contribution in [0.4, 0.5) is 5.95 Å². The maximum Gasteiger partial charge on any atom is 0.282 e. The third-order valence-corrected chi connectivity index (χ3v) is 6.75. The summed E-state index contributed by atoms with van der Waals surface area (Å²) < 4.78 is 28.5. The summed E-state index contributed by atoms with van der Waals surface area (Å²) >= 11 is 0. The van der Waals surface area contributed by atoms with Gasteiger partial charge in [0.15, 0.2) is 0 Å². The predicted octanol–water partition coefficient (Wildman–Crippen LogP) is 0.210. The van der Waals surface area contributed by atoms with Crippen molar-refractivity contribution in [1.29, 1.82) is 0 Å². The average Bonchev–Trinajstić information content (AvgIpc) is 3.27. The summed E-state index contributed by atoms with van der Waals surface area (Å²) in [5.74, 6) is 1.94. The van der Waals surface area contributed by atoms with E-state index in [1.165, 1.54) is 4.31 Å². The van der Waals surface area contributed by atoms with Crippen LogP contribution in [0.1, 0.15) is 25.6 Å². The number of aromatic amines is 1. The molecule has 2 aliphatic rings. The van der Waals surface area contributed by atoms with E-state index in [0.29, 0.717) is 38.0 Å². The zero-order chi connectivity index (χ0) is 15.9. The minimum atomic E-state index is -3.38. The Morgan fingerprint density at radius 2 is 1.91 bits per heavy atom. The van der Waals surface area contributed by atoms with Crippen molar-refractivity contribution in [2.24, 2.45) is 5.92 Å². The van der Waals surface area contributed by atoms with E-state index < -0.39 is 10.2 Å². The molecule has 1 atom stereocenters. The molecular formula is C13H24N6O2S. The predicted molar refractivity (Wildman–Crippen MR) is 83.8 cm³/mol. The van der Waals surface area contributed by atoms with Crippen LogP contribution in [-0.4, -0.2) is 71.5 Å². The van der Waals surface area contributed by atoms with Gasteiger partial charge in [0.05, 0.1) is 0 Å². The molecule has 8 nitrogen and oxygen atoms in total. The van der Waals surface area contributed by atoms with Crippen LogP contribution in [0.2, 0.25) is 0 Å². The lowest BCUT2D eigenvalue weighted by Gasteiger charge is -2.36. The zero-order valence-corrected chi connectivity index (χ0v) is 14.2. The number of H-pyrrole nitrogens is 1. The minimum Gasteiger partial charge on any atom is -0.337 e. The van der Waals surface area contributed by atoms with E-state index >= 15 is 0 Å². The van der Waals surface area contributed by atoms with Crippen molar-refractivity contribution in [3.63, 3.8) is 0 Å². The molecule has 2 heterocycles. The van der Waals surface area contributed by atoms with Crippen LogP contribution < -0.4 is 4.90 Å². The Labute approximate surface area is 131 Å². The first-order chi connectivity index (χ1) is 10.4. The van der Waals surface area contributed by atoms with Gasteiger partial charge in [-0.2, -0.15) is 22.0 Å². The topological polar surface area (TPSA) is 85.4 Å². The molecule has 1 aliphatic heterocycles. The second kappa shape index (κ2) is 5.78. The van der Waals surface area contributed by atoms with Gasteiger partial charge in [-0.05, 0) is 32.6 Å². The maximum atomic E-state index is 12.7. The van der Waals surface area contributed by atoms with Gasteiger partial charge in [0, 0.05) is 39.3 Å². The van der Waals surface area contributed by atoms with E-state index in [2.05, 4.69) is 15.2 Å². The molecule has 3 rings (SSSR count). The lowest BCUT2D eigenvalue weighted by Crippen LogP contribution is -2.54. The molecular weight excluding hydrogens is 304 g/mol. The van der Waals surface area contributed by atoms with E-state index in [-0.39, 0.29) is 6.04 Å². The Morgan fingerprint density at radius 1 is 1.27 bits per heavy atom. The van der Waals surface area contributed by atoms with Crippen molar-refractivity contribution in [2.45, 2.75) is 32.7 Å². The van der Waals surface area contributed by atoms with Crippen LogP contribution in [0.5, 0.6) is 0 Å². The SMILES string of the molecule is Cc1nc(N2CCN(S(=O)(=O)N(C)C(C)C3CC3)CC2)n[nH]1. The van der Waals surface area contributed by atoms with Crippen molar-refractivity contribution in [2.75, 3.05) is 38.1 Å². The maximum absolute atomic E-state index is 12.7. The second-order valence-corrected chi connectivity index (χ2v) is 8.20. The van der Waals surface area contributed by atoms with Gasteiger partial charge >= 0.3 is 0 Å². The molecule has 1 aromatic rings. The zero-order valence-electron chi connectivity index (χ0n) is 13.4. The number of anilines is 1. The highest BCUT2D eigenvalue weighted by Crippen LogP contribution is 2.35. The van der Waals surface area contributed by atoms with Crippen molar-refractivity contribution < 1.29 is 8.42 Å². The summed E-state index contributed by atoms with van der Waals surface area (Å²) in [7, 11) is -1.68. The second-order valence-electron chi connectivity index (χ2n) is 6.21. The van der Waals surface area contributed by atoms with Crippen molar-refractivity contribution in [1.82, 2.24) is 23.8 Å². The van der Waals surface area contributed by atoms with E-state index in [9.17, 15) is 8.42 Å². The summed E-state index contributed by atoms with van der Waals surface area (Å²) in [5.41, 5.74) is 0. The van der Waals surface area contributed by atoms with Gasteiger partial charge in [-0.15, -0.1) is 5.10 Å². The number of nitrogens with one attached hydrogen (secondary N) is 1. The quantitative estimate of drug-likeness (QED) is 0.835. The van der Waals surface area contributed by atoms with Gasteiger partial charge in [0.1, 0.15) is 5.82 Å². The van der Waals surface area contributed by atoms with Gasteiger partial charge in [0.25, 0.3) is 10.2 Å². The molecule has 22 heavy (non-hydrogen) atoms. The van der Waals surface area contributed by atoms with Crippen molar-refractivity contribution in [3.05, 3.63) is 5.82 Å². The Balaban J connectivity index is 1.62. The van der Waals surface area contributed by atoms with Gasteiger partial charge < -0.3 is 4.90 Å². The molecule has 0 radical (unpaired) electrons. The Kier molecular flexibility index (Phi) is 4.13. The van der Waals surface area contributed by atoms with Crippen LogP contribution in [0.3, 0.4) is 0 Å². The number of rotatable bonds is 5. The molecule has 1 saturated carbocycles. The number of hydrogen-bond donors (Lipinski definition) is 1. The summed E-state index contributed by atoms with van der Waals surface area (Å²) in [6.07, 6.45) is 2.28. The fourth-order valence-corrected chi connectivity index (χ4v) is 4.44. The molecule has 1 saturated heterocycles. The standard InChI is InChI=1S/C13H24N6O2S/c1-10(12-4-5-12)17(3)22(20,21)19-8-6-18(7-9-19)13-14-11(2)15-16-13/h10,12H,4-9H2,1-3H3,(H,14,15,16). The Hall–Kier alpha value is -1.19. The van der Waals surface area contributed by atoms with E-state index in [1.807, 2.05) is 18.7 Å². The fraction of sp³-hybridized carbons (Fsp3) is 0.846. The highest BCUT2D eigenvalue weighted by atomic mass is 32.2. The normalized spacial score (nSPS) is 22.3. The number of piperazine rings is 1. The Bertz CT molecular complexity index is 618. The lowest BCUT2D eigenvalue weighted by molar-refractivity contribution is 0.300.